The van der Waals surface area contributed by atoms with Crippen LogP contribution >= 0.6 is 0 Å². The third-order valence-electron chi connectivity index (χ3n) is 4.95. The predicted molar refractivity (Wildman–Crippen MR) is 93.1 cm³/mol. The van der Waals surface area contributed by atoms with Gasteiger partial charge in [-0.2, -0.15) is 5.10 Å². The van der Waals surface area contributed by atoms with Crippen molar-refractivity contribution in [2.75, 3.05) is 13.1 Å². The molecule has 7 nitrogen and oxygen atoms in total. The molecule has 7 heteroatoms. The number of hydrogen-bond acceptors (Lipinski definition) is 4. The molecule has 0 bridgehead atoms. The molecule has 1 fully saturated rings. The lowest BCUT2D eigenvalue weighted by atomic mass is 9.97. The molecule has 3 aromatic rings. The third kappa shape index (κ3) is 3.14. The summed E-state index contributed by atoms with van der Waals surface area (Å²) in [6.07, 6.45) is 6.28. The van der Waals surface area contributed by atoms with Crippen LogP contribution in [0.3, 0.4) is 0 Å². The highest BCUT2D eigenvalue weighted by molar-refractivity contribution is 5.76. The summed E-state index contributed by atoms with van der Waals surface area (Å²) in [5.41, 5.74) is 1.94. The molecule has 0 N–H and O–H groups in total. The van der Waals surface area contributed by atoms with E-state index in [1.807, 2.05) is 51.4 Å². The highest BCUT2D eigenvalue weighted by Crippen LogP contribution is 2.26. The number of piperidine rings is 1. The Kier molecular flexibility index (Phi) is 4.21. The van der Waals surface area contributed by atoms with Crippen molar-refractivity contribution in [1.29, 1.82) is 0 Å². The van der Waals surface area contributed by atoms with Gasteiger partial charge in [0.1, 0.15) is 5.82 Å². The van der Waals surface area contributed by atoms with Crippen LogP contribution in [0.2, 0.25) is 0 Å². The summed E-state index contributed by atoms with van der Waals surface area (Å²) >= 11 is 0. The van der Waals surface area contributed by atoms with Crippen molar-refractivity contribution in [2.45, 2.75) is 38.6 Å². The molecule has 0 radical (unpaired) electrons. The second kappa shape index (κ2) is 6.66. The molecular formula is C18H22N6O. The molecule has 1 atom stereocenters. The number of likely N-dealkylation sites (tertiary alicyclic amines) is 1. The maximum absolute atomic E-state index is 12.6. The SMILES string of the molecule is Cc1ccnn1CCC(=O)N1CCCC(c2nnc3ccccn23)C1. The topological polar surface area (TPSA) is 68.3 Å². The van der Waals surface area contributed by atoms with E-state index in [-0.39, 0.29) is 11.8 Å². The van der Waals surface area contributed by atoms with Gasteiger partial charge < -0.3 is 4.90 Å². The van der Waals surface area contributed by atoms with E-state index in [9.17, 15) is 4.79 Å². The van der Waals surface area contributed by atoms with Gasteiger partial charge in [0.15, 0.2) is 5.65 Å². The largest absolute Gasteiger partial charge is 0.342 e. The Labute approximate surface area is 146 Å². The summed E-state index contributed by atoms with van der Waals surface area (Å²) in [4.78, 5) is 14.6. The summed E-state index contributed by atoms with van der Waals surface area (Å²) in [5.74, 6) is 1.38. The van der Waals surface area contributed by atoms with Crippen LogP contribution in [0.15, 0.2) is 36.7 Å². The zero-order chi connectivity index (χ0) is 17.2. The second-order valence-corrected chi connectivity index (χ2v) is 6.61. The van der Waals surface area contributed by atoms with Crippen molar-refractivity contribution >= 4 is 11.6 Å². The first-order chi connectivity index (χ1) is 12.2. The number of rotatable bonds is 4. The number of aromatic nitrogens is 5. The van der Waals surface area contributed by atoms with Gasteiger partial charge in [-0.1, -0.05) is 6.07 Å². The van der Waals surface area contributed by atoms with Gasteiger partial charge in [0.2, 0.25) is 5.91 Å². The van der Waals surface area contributed by atoms with Crippen LogP contribution in [-0.4, -0.2) is 48.3 Å². The summed E-state index contributed by atoms with van der Waals surface area (Å²) < 4.78 is 3.91. The number of amides is 1. The van der Waals surface area contributed by atoms with Gasteiger partial charge in [0.05, 0.1) is 0 Å². The molecular weight excluding hydrogens is 316 g/mol. The van der Waals surface area contributed by atoms with Crippen LogP contribution in [0.4, 0.5) is 0 Å². The van der Waals surface area contributed by atoms with E-state index in [0.717, 1.165) is 36.6 Å². The molecule has 1 unspecified atom stereocenters. The molecule has 0 spiro atoms. The summed E-state index contributed by atoms with van der Waals surface area (Å²) in [6.45, 7) is 4.17. The van der Waals surface area contributed by atoms with E-state index >= 15 is 0 Å². The molecule has 25 heavy (non-hydrogen) atoms. The number of fused-ring (bicyclic) bond motifs is 1. The fourth-order valence-corrected chi connectivity index (χ4v) is 3.55. The van der Waals surface area contributed by atoms with E-state index in [1.165, 1.54) is 0 Å². The van der Waals surface area contributed by atoms with E-state index < -0.39 is 0 Å². The highest BCUT2D eigenvalue weighted by atomic mass is 16.2. The van der Waals surface area contributed by atoms with Crippen molar-refractivity contribution < 1.29 is 4.79 Å². The Morgan fingerprint density at radius 2 is 2.20 bits per heavy atom. The monoisotopic (exact) mass is 338 g/mol. The van der Waals surface area contributed by atoms with Crippen LogP contribution < -0.4 is 0 Å². The van der Waals surface area contributed by atoms with Gasteiger partial charge in [-0.25, -0.2) is 0 Å². The molecule has 0 saturated carbocycles. The molecule has 130 valence electrons. The second-order valence-electron chi connectivity index (χ2n) is 6.61. The summed E-state index contributed by atoms with van der Waals surface area (Å²) in [6, 6.07) is 7.85. The van der Waals surface area contributed by atoms with Crippen molar-refractivity contribution in [3.63, 3.8) is 0 Å². The summed E-state index contributed by atoms with van der Waals surface area (Å²) in [7, 11) is 0. The van der Waals surface area contributed by atoms with Crippen molar-refractivity contribution in [1.82, 2.24) is 29.3 Å². The zero-order valence-corrected chi connectivity index (χ0v) is 14.4. The zero-order valence-electron chi connectivity index (χ0n) is 14.4. The molecule has 4 rings (SSSR count). The summed E-state index contributed by atoms with van der Waals surface area (Å²) in [5, 5.41) is 12.9. The third-order valence-corrected chi connectivity index (χ3v) is 4.95. The van der Waals surface area contributed by atoms with E-state index in [1.54, 1.807) is 6.20 Å². The predicted octanol–water partition coefficient (Wildman–Crippen LogP) is 2.03. The van der Waals surface area contributed by atoms with Gasteiger partial charge in [-0.05, 0) is 38.0 Å². The fourth-order valence-electron chi connectivity index (χ4n) is 3.55. The Morgan fingerprint density at radius 1 is 1.28 bits per heavy atom. The number of pyridine rings is 1. The van der Waals surface area contributed by atoms with Crippen LogP contribution in [0.25, 0.3) is 5.65 Å². The number of hydrogen-bond donors (Lipinski definition) is 0. The van der Waals surface area contributed by atoms with Crippen LogP contribution in [0, 0.1) is 6.92 Å². The van der Waals surface area contributed by atoms with Gasteiger partial charge >= 0.3 is 0 Å². The maximum atomic E-state index is 12.6. The van der Waals surface area contributed by atoms with Gasteiger partial charge in [0, 0.05) is 50.1 Å². The molecule has 1 amide bonds. The number of carbonyl (C=O) groups excluding carboxylic acids is 1. The Hall–Kier alpha value is -2.70. The molecule has 3 aromatic heterocycles. The van der Waals surface area contributed by atoms with Crippen molar-refractivity contribution in [3.8, 4) is 0 Å². The first kappa shape index (κ1) is 15.8. The quantitative estimate of drug-likeness (QED) is 0.730. The van der Waals surface area contributed by atoms with E-state index in [2.05, 4.69) is 15.3 Å². The van der Waals surface area contributed by atoms with Crippen molar-refractivity contribution in [3.05, 3.63) is 48.2 Å². The molecule has 1 aliphatic heterocycles. The minimum atomic E-state index is 0.188. The normalized spacial score (nSPS) is 18.0. The maximum Gasteiger partial charge on any atom is 0.224 e. The molecule has 0 aromatic carbocycles. The van der Waals surface area contributed by atoms with Crippen LogP contribution in [0.5, 0.6) is 0 Å². The first-order valence-corrected chi connectivity index (χ1v) is 8.78. The number of aryl methyl sites for hydroxylation is 2. The Morgan fingerprint density at radius 3 is 3.04 bits per heavy atom. The van der Waals surface area contributed by atoms with Gasteiger partial charge in [-0.15, -0.1) is 10.2 Å². The Bertz CT molecular complexity index is 882. The van der Waals surface area contributed by atoms with Crippen LogP contribution in [0.1, 0.15) is 36.7 Å². The minimum Gasteiger partial charge on any atom is -0.342 e. The van der Waals surface area contributed by atoms with Crippen molar-refractivity contribution in [2.24, 2.45) is 0 Å². The van der Waals surface area contributed by atoms with E-state index in [0.29, 0.717) is 19.5 Å². The smallest absolute Gasteiger partial charge is 0.224 e. The average Bonchev–Trinajstić information content (AvgIpc) is 3.26. The van der Waals surface area contributed by atoms with Crippen LogP contribution in [-0.2, 0) is 11.3 Å². The lowest BCUT2D eigenvalue weighted by Crippen LogP contribution is -2.40. The minimum absolute atomic E-state index is 0.188. The first-order valence-electron chi connectivity index (χ1n) is 8.78. The number of nitrogens with zero attached hydrogens (tertiary/aromatic N) is 6. The molecule has 1 saturated heterocycles. The highest BCUT2D eigenvalue weighted by Gasteiger charge is 2.27. The molecule has 4 heterocycles. The fraction of sp³-hybridized carbons (Fsp3) is 0.444. The standard InChI is InChI=1S/C18H22N6O/c1-14-7-9-19-24(14)12-8-17(25)22-10-4-5-15(13-22)18-21-20-16-6-2-3-11-23(16)18/h2-3,6-7,9,11,15H,4-5,8,10,12-13H2,1H3. The van der Waals surface area contributed by atoms with Gasteiger partial charge in [-0.3, -0.25) is 13.9 Å². The Balaban J connectivity index is 1.44. The lowest BCUT2D eigenvalue weighted by molar-refractivity contribution is -0.132. The van der Waals surface area contributed by atoms with Gasteiger partial charge in [0.25, 0.3) is 0 Å². The molecule has 1 aliphatic rings. The average molecular weight is 338 g/mol. The lowest BCUT2D eigenvalue weighted by Gasteiger charge is -2.32. The number of carbonyl (C=O) groups is 1. The van der Waals surface area contributed by atoms with E-state index in [4.69, 9.17) is 0 Å². The molecule has 0 aliphatic carbocycles.